The van der Waals surface area contributed by atoms with Gasteiger partial charge in [-0.25, -0.2) is 9.59 Å². The van der Waals surface area contributed by atoms with Crippen molar-refractivity contribution in [1.82, 2.24) is 0 Å². The van der Waals surface area contributed by atoms with Crippen molar-refractivity contribution in [2.45, 2.75) is 0 Å². The Morgan fingerprint density at radius 1 is 0.595 bits per heavy atom. The highest BCUT2D eigenvalue weighted by atomic mass is 17.3. The molecule has 0 saturated carbocycles. The lowest BCUT2D eigenvalue weighted by molar-refractivity contribution is -0.368. The van der Waals surface area contributed by atoms with Crippen LogP contribution in [0.1, 0.15) is 20.7 Å². The number of carbonyl (C=O) groups excluding carboxylic acids is 2. The van der Waals surface area contributed by atoms with Crippen molar-refractivity contribution >= 4 is 11.9 Å². The molecule has 0 aliphatic rings. The van der Waals surface area contributed by atoms with E-state index in [1.54, 1.807) is 0 Å². The standard InChI is InChI=1S/C24H28O13/c1-8-33-13-20(34-36-23(25)14-9-16(27-2)21(31-6)17(10-14)28-3)35-37-24(26)15-11-18(29-4)22(32-7)19(12-15)30-5/h9-12H,1,8,13H2,2-7H3. The molecule has 2 aromatic rings. The number of methoxy groups -OCH3 is 6. The third kappa shape index (κ3) is 7.52. The summed E-state index contributed by atoms with van der Waals surface area (Å²) >= 11 is 0. The second-order valence-electron chi connectivity index (χ2n) is 6.66. The average Bonchev–Trinajstić information content (AvgIpc) is 2.94. The lowest BCUT2D eigenvalue weighted by Crippen LogP contribution is -2.20. The first-order valence-electron chi connectivity index (χ1n) is 10.5. The largest absolute Gasteiger partial charge is 0.493 e. The van der Waals surface area contributed by atoms with E-state index in [4.69, 9.17) is 52.7 Å². The molecule has 0 bridgehead atoms. The molecular weight excluding hydrogens is 496 g/mol. The van der Waals surface area contributed by atoms with Crippen LogP contribution < -0.4 is 28.4 Å². The van der Waals surface area contributed by atoms with Crippen molar-refractivity contribution in [2.24, 2.45) is 0 Å². The number of hydrogen-bond donors (Lipinski definition) is 0. The highest BCUT2D eigenvalue weighted by molar-refractivity contribution is 5.91. The molecule has 0 amide bonds. The molecule has 0 fully saturated rings. The van der Waals surface area contributed by atoms with Gasteiger partial charge in [0.25, 0.3) is 0 Å². The van der Waals surface area contributed by atoms with Crippen LogP contribution in [0.2, 0.25) is 0 Å². The second-order valence-corrected chi connectivity index (χ2v) is 6.66. The third-order valence-corrected chi connectivity index (χ3v) is 4.59. The van der Waals surface area contributed by atoms with Crippen LogP contribution in [0.5, 0.6) is 34.5 Å². The Labute approximate surface area is 213 Å². The summed E-state index contributed by atoms with van der Waals surface area (Å²) in [5, 5.41) is 0. The van der Waals surface area contributed by atoms with Gasteiger partial charge in [0, 0.05) is 6.61 Å². The van der Waals surface area contributed by atoms with Gasteiger partial charge in [-0.1, -0.05) is 0 Å². The fraction of sp³-hybridized carbons (Fsp3) is 0.333. The minimum absolute atomic E-state index is 0.00124. The van der Waals surface area contributed by atoms with Crippen LogP contribution in [0.25, 0.3) is 0 Å². The van der Waals surface area contributed by atoms with Gasteiger partial charge in [0.05, 0.1) is 53.8 Å². The summed E-state index contributed by atoms with van der Waals surface area (Å²) in [6.45, 7) is 3.14. The van der Waals surface area contributed by atoms with Crippen LogP contribution in [0.3, 0.4) is 0 Å². The number of rotatable bonds is 15. The smallest absolute Gasteiger partial charge is 0.373 e. The first-order valence-corrected chi connectivity index (χ1v) is 10.5. The molecule has 2 radical (unpaired) electrons. The highest BCUT2D eigenvalue weighted by Gasteiger charge is 2.25. The predicted octanol–water partition coefficient (Wildman–Crippen LogP) is 2.96. The molecule has 2 aromatic carbocycles. The van der Waals surface area contributed by atoms with Gasteiger partial charge in [0.1, 0.15) is 6.61 Å². The Morgan fingerprint density at radius 2 is 0.946 bits per heavy atom. The summed E-state index contributed by atoms with van der Waals surface area (Å²) in [6.07, 6.45) is -0.509. The van der Waals surface area contributed by atoms with Gasteiger partial charge in [-0.3, -0.25) is 9.78 Å². The molecule has 2 rings (SSSR count). The van der Waals surface area contributed by atoms with E-state index < -0.39 is 18.2 Å². The summed E-state index contributed by atoms with van der Waals surface area (Å²) in [4.78, 5) is 44.5. The second kappa shape index (κ2) is 14.6. The Bertz CT molecular complexity index is 923. The molecule has 0 aromatic heterocycles. The zero-order chi connectivity index (χ0) is 27.4. The maximum atomic E-state index is 12.6. The zero-order valence-corrected chi connectivity index (χ0v) is 21.2. The normalized spacial score (nSPS) is 10.5. The molecule has 0 saturated heterocycles. The Balaban J connectivity index is 2.11. The van der Waals surface area contributed by atoms with E-state index in [0.29, 0.717) is 0 Å². The van der Waals surface area contributed by atoms with Gasteiger partial charge < -0.3 is 33.2 Å². The maximum absolute atomic E-state index is 12.6. The van der Waals surface area contributed by atoms with Crippen molar-refractivity contribution in [3.63, 3.8) is 0 Å². The fourth-order valence-electron chi connectivity index (χ4n) is 2.88. The van der Waals surface area contributed by atoms with Crippen molar-refractivity contribution in [1.29, 1.82) is 0 Å². The van der Waals surface area contributed by atoms with Crippen LogP contribution >= 0.6 is 0 Å². The molecule has 202 valence electrons. The maximum Gasteiger partial charge on any atom is 0.373 e. The lowest BCUT2D eigenvalue weighted by atomic mass is 10.2. The minimum Gasteiger partial charge on any atom is -0.493 e. The van der Waals surface area contributed by atoms with E-state index in [1.165, 1.54) is 66.9 Å². The number of hydrogen-bond acceptors (Lipinski definition) is 13. The molecule has 0 aliphatic heterocycles. The van der Waals surface area contributed by atoms with Crippen molar-refractivity contribution < 1.29 is 62.3 Å². The molecule has 0 spiro atoms. The van der Waals surface area contributed by atoms with E-state index in [2.05, 4.69) is 6.92 Å². The topological polar surface area (TPSA) is 136 Å². The summed E-state index contributed by atoms with van der Waals surface area (Å²) < 4.78 is 36.4. The number of carbonyl (C=O) groups is 2. The number of ether oxygens (including phenoxy) is 7. The van der Waals surface area contributed by atoms with Crippen LogP contribution in [-0.2, 0) is 24.3 Å². The van der Waals surface area contributed by atoms with Gasteiger partial charge in [0.15, 0.2) is 23.0 Å². The third-order valence-electron chi connectivity index (χ3n) is 4.59. The van der Waals surface area contributed by atoms with Crippen LogP contribution in [0.4, 0.5) is 0 Å². The molecule has 0 aliphatic carbocycles. The van der Waals surface area contributed by atoms with Crippen molar-refractivity contribution in [2.75, 3.05) is 55.9 Å². The first-order chi connectivity index (χ1) is 17.9. The minimum atomic E-state index is -0.953. The van der Waals surface area contributed by atoms with Gasteiger partial charge in [-0.05, 0) is 31.2 Å². The first kappa shape index (κ1) is 29.3. The highest BCUT2D eigenvalue weighted by Crippen LogP contribution is 2.39. The Kier molecular flexibility index (Phi) is 11.5. The molecule has 37 heavy (non-hydrogen) atoms. The molecular formula is C24H28O13. The van der Waals surface area contributed by atoms with E-state index in [1.807, 2.05) is 0 Å². The summed E-state index contributed by atoms with van der Waals surface area (Å²) in [5.74, 6) is -0.483. The molecule has 0 N–H and O–H groups in total. The molecule has 0 atom stereocenters. The van der Waals surface area contributed by atoms with Crippen molar-refractivity contribution in [3.05, 3.63) is 48.6 Å². The van der Waals surface area contributed by atoms with E-state index in [9.17, 15) is 9.59 Å². The molecule has 13 nitrogen and oxygen atoms in total. The summed E-state index contributed by atoms with van der Waals surface area (Å²) in [7, 11) is 8.40. The van der Waals surface area contributed by atoms with Crippen LogP contribution in [0.15, 0.2) is 24.3 Å². The number of benzene rings is 2. The van der Waals surface area contributed by atoms with Gasteiger partial charge in [-0.15, -0.1) is 9.78 Å². The van der Waals surface area contributed by atoms with E-state index in [-0.39, 0.29) is 58.8 Å². The van der Waals surface area contributed by atoms with Crippen LogP contribution in [-0.4, -0.2) is 67.8 Å². The van der Waals surface area contributed by atoms with E-state index in [0.717, 1.165) is 0 Å². The SMILES string of the molecule is [CH2]COC[C](OOC(=O)c1cc(OC)c(OC)c(OC)c1)OOC(=O)c1cc(OC)c(OC)c(OC)c1. The van der Waals surface area contributed by atoms with Crippen LogP contribution in [0, 0.1) is 13.2 Å². The van der Waals surface area contributed by atoms with Crippen molar-refractivity contribution in [3.8, 4) is 34.5 Å². The molecule has 0 unspecified atom stereocenters. The zero-order valence-electron chi connectivity index (χ0n) is 21.2. The monoisotopic (exact) mass is 524 g/mol. The summed E-state index contributed by atoms with van der Waals surface area (Å²) in [5.41, 5.74) is 0.00249. The molecule has 13 heteroatoms. The predicted molar refractivity (Wildman–Crippen MR) is 125 cm³/mol. The Hall–Kier alpha value is -3.94. The lowest BCUT2D eigenvalue weighted by Gasteiger charge is -2.16. The average molecular weight is 524 g/mol. The summed E-state index contributed by atoms with van der Waals surface area (Å²) in [6, 6.07) is 5.41. The van der Waals surface area contributed by atoms with Gasteiger partial charge in [0.2, 0.25) is 11.5 Å². The fourth-order valence-corrected chi connectivity index (χ4v) is 2.88. The Morgan fingerprint density at radius 3 is 1.22 bits per heavy atom. The van der Waals surface area contributed by atoms with E-state index >= 15 is 0 Å². The quantitative estimate of drug-likeness (QED) is 0.250. The van der Waals surface area contributed by atoms with Gasteiger partial charge >= 0.3 is 18.2 Å². The van der Waals surface area contributed by atoms with Gasteiger partial charge in [-0.2, -0.15) is 0 Å². The molecule has 0 heterocycles.